The molecule has 1 fully saturated rings. The van der Waals surface area contributed by atoms with Crippen LogP contribution in [0, 0.1) is 5.92 Å². The summed E-state index contributed by atoms with van der Waals surface area (Å²) in [5, 5.41) is 1.08. The predicted octanol–water partition coefficient (Wildman–Crippen LogP) is 4.53. The maximum Gasteiger partial charge on any atom is 0.222 e. The molecular weight excluding hydrogens is 281 g/mol. The van der Waals surface area contributed by atoms with E-state index in [1.54, 1.807) is 11.0 Å². The minimum Gasteiger partial charge on any atom is -0.341 e. The summed E-state index contributed by atoms with van der Waals surface area (Å²) in [6.07, 6.45) is 5.62. The van der Waals surface area contributed by atoms with Crippen LogP contribution in [-0.4, -0.2) is 17.9 Å². The van der Waals surface area contributed by atoms with Crippen molar-refractivity contribution in [3.05, 3.63) is 33.8 Å². The Hall–Kier alpha value is -0.730. The smallest absolute Gasteiger partial charge is 0.222 e. The average Bonchev–Trinajstić information content (AvgIpc) is 2.86. The molecule has 0 heterocycles. The molecule has 1 aliphatic carbocycles. The van der Waals surface area contributed by atoms with E-state index in [2.05, 4.69) is 0 Å². The van der Waals surface area contributed by atoms with E-state index in [9.17, 15) is 4.79 Å². The van der Waals surface area contributed by atoms with Gasteiger partial charge in [-0.25, -0.2) is 0 Å². The number of amides is 1. The van der Waals surface area contributed by atoms with Gasteiger partial charge >= 0.3 is 0 Å². The molecule has 0 spiro atoms. The standard InChI is InChI=1S/C15H19Cl2NO/c1-18(15(19)9-11-4-2-3-5-11)10-12-6-7-13(16)14(17)8-12/h6-8,11H,2-5,9-10H2,1H3. The van der Waals surface area contributed by atoms with Gasteiger partial charge in [0.2, 0.25) is 5.91 Å². The van der Waals surface area contributed by atoms with E-state index in [1.807, 2.05) is 19.2 Å². The van der Waals surface area contributed by atoms with Gasteiger partial charge in [-0.3, -0.25) is 4.79 Å². The lowest BCUT2D eigenvalue weighted by molar-refractivity contribution is -0.131. The van der Waals surface area contributed by atoms with Crippen molar-refractivity contribution in [2.24, 2.45) is 5.92 Å². The predicted molar refractivity (Wildman–Crippen MR) is 79.5 cm³/mol. The van der Waals surface area contributed by atoms with Crippen LogP contribution >= 0.6 is 23.2 Å². The van der Waals surface area contributed by atoms with Crippen molar-refractivity contribution < 1.29 is 4.79 Å². The first-order valence-corrected chi connectivity index (χ1v) is 7.49. The van der Waals surface area contributed by atoms with Crippen molar-refractivity contribution in [2.75, 3.05) is 7.05 Å². The van der Waals surface area contributed by atoms with Gasteiger partial charge in [0.15, 0.2) is 0 Å². The van der Waals surface area contributed by atoms with Crippen LogP contribution in [0.3, 0.4) is 0 Å². The van der Waals surface area contributed by atoms with Crippen LogP contribution in [0.5, 0.6) is 0 Å². The molecule has 1 saturated carbocycles. The molecule has 1 aromatic carbocycles. The number of hydrogen-bond acceptors (Lipinski definition) is 1. The fourth-order valence-electron chi connectivity index (χ4n) is 2.62. The molecule has 0 bridgehead atoms. The third-order valence-electron chi connectivity index (χ3n) is 3.77. The molecule has 104 valence electrons. The number of carbonyl (C=O) groups is 1. The van der Waals surface area contributed by atoms with Gasteiger partial charge in [0.1, 0.15) is 0 Å². The lowest BCUT2D eigenvalue weighted by Gasteiger charge is -2.19. The van der Waals surface area contributed by atoms with E-state index in [0.717, 1.165) is 5.56 Å². The lowest BCUT2D eigenvalue weighted by atomic mass is 10.0. The first-order chi connectivity index (χ1) is 9.06. The molecule has 1 aromatic rings. The van der Waals surface area contributed by atoms with Crippen molar-refractivity contribution in [1.82, 2.24) is 4.90 Å². The molecule has 1 amide bonds. The maximum absolute atomic E-state index is 12.1. The van der Waals surface area contributed by atoms with Crippen LogP contribution < -0.4 is 0 Å². The molecule has 0 radical (unpaired) electrons. The number of hydrogen-bond donors (Lipinski definition) is 0. The largest absolute Gasteiger partial charge is 0.341 e. The molecule has 19 heavy (non-hydrogen) atoms. The lowest BCUT2D eigenvalue weighted by Crippen LogP contribution is -2.27. The highest BCUT2D eigenvalue weighted by Gasteiger charge is 2.20. The van der Waals surface area contributed by atoms with Gasteiger partial charge in [0.05, 0.1) is 10.0 Å². The Balaban J connectivity index is 1.90. The van der Waals surface area contributed by atoms with Crippen molar-refractivity contribution in [3.63, 3.8) is 0 Å². The Labute approximate surface area is 124 Å². The topological polar surface area (TPSA) is 20.3 Å². The Bertz CT molecular complexity index is 455. The third kappa shape index (κ3) is 4.12. The second kappa shape index (κ2) is 6.62. The highest BCUT2D eigenvalue weighted by molar-refractivity contribution is 6.42. The SMILES string of the molecule is CN(Cc1ccc(Cl)c(Cl)c1)C(=O)CC1CCCC1. The third-order valence-corrected chi connectivity index (χ3v) is 4.51. The highest BCUT2D eigenvalue weighted by Crippen LogP contribution is 2.28. The molecule has 4 heteroatoms. The van der Waals surface area contributed by atoms with E-state index in [-0.39, 0.29) is 5.91 Å². The average molecular weight is 300 g/mol. The molecule has 0 N–H and O–H groups in total. The number of nitrogens with zero attached hydrogens (tertiary/aromatic N) is 1. The van der Waals surface area contributed by atoms with Gasteiger partial charge in [0, 0.05) is 20.0 Å². The highest BCUT2D eigenvalue weighted by atomic mass is 35.5. The Morgan fingerprint density at radius 1 is 1.26 bits per heavy atom. The first kappa shape index (κ1) is 14.7. The molecule has 0 saturated heterocycles. The number of benzene rings is 1. The van der Waals surface area contributed by atoms with Crippen molar-refractivity contribution in [3.8, 4) is 0 Å². The van der Waals surface area contributed by atoms with Gasteiger partial charge in [0.25, 0.3) is 0 Å². The molecule has 0 aliphatic heterocycles. The van der Waals surface area contributed by atoms with E-state index >= 15 is 0 Å². The zero-order valence-electron chi connectivity index (χ0n) is 11.2. The maximum atomic E-state index is 12.1. The van der Waals surface area contributed by atoms with Crippen molar-refractivity contribution in [2.45, 2.75) is 38.6 Å². The Morgan fingerprint density at radius 2 is 1.95 bits per heavy atom. The van der Waals surface area contributed by atoms with Gasteiger partial charge < -0.3 is 4.90 Å². The van der Waals surface area contributed by atoms with Crippen LogP contribution in [0.4, 0.5) is 0 Å². The summed E-state index contributed by atoms with van der Waals surface area (Å²) in [5.74, 6) is 0.807. The van der Waals surface area contributed by atoms with Gasteiger partial charge in [-0.05, 0) is 36.5 Å². The summed E-state index contributed by atoms with van der Waals surface area (Å²) in [7, 11) is 1.85. The number of halogens is 2. The van der Waals surface area contributed by atoms with Gasteiger partial charge in [-0.2, -0.15) is 0 Å². The van der Waals surface area contributed by atoms with Crippen molar-refractivity contribution >= 4 is 29.1 Å². The molecule has 1 aliphatic rings. The van der Waals surface area contributed by atoms with Gasteiger partial charge in [-0.15, -0.1) is 0 Å². The second-order valence-corrected chi connectivity index (χ2v) is 6.17. The monoisotopic (exact) mass is 299 g/mol. The number of rotatable bonds is 4. The summed E-state index contributed by atoms with van der Waals surface area (Å²) >= 11 is 11.9. The van der Waals surface area contributed by atoms with E-state index in [1.165, 1.54) is 25.7 Å². The van der Waals surface area contributed by atoms with Crippen LogP contribution in [-0.2, 0) is 11.3 Å². The summed E-state index contributed by atoms with van der Waals surface area (Å²) in [5.41, 5.74) is 1.01. The quantitative estimate of drug-likeness (QED) is 0.800. The zero-order valence-corrected chi connectivity index (χ0v) is 12.7. The molecular formula is C15H19Cl2NO. The normalized spacial score (nSPS) is 15.7. The molecule has 2 rings (SSSR count). The minimum atomic E-state index is 0.220. The van der Waals surface area contributed by atoms with Crippen LogP contribution in [0.1, 0.15) is 37.7 Å². The van der Waals surface area contributed by atoms with E-state index < -0.39 is 0 Å². The zero-order chi connectivity index (χ0) is 13.8. The fraction of sp³-hybridized carbons (Fsp3) is 0.533. The Morgan fingerprint density at radius 3 is 2.58 bits per heavy atom. The van der Waals surface area contributed by atoms with E-state index in [4.69, 9.17) is 23.2 Å². The molecule has 0 unspecified atom stereocenters. The summed E-state index contributed by atoms with van der Waals surface area (Å²) in [6.45, 7) is 0.586. The summed E-state index contributed by atoms with van der Waals surface area (Å²) < 4.78 is 0. The van der Waals surface area contributed by atoms with E-state index in [0.29, 0.717) is 28.9 Å². The Kier molecular flexibility index (Phi) is 5.12. The molecule has 0 aromatic heterocycles. The molecule has 0 atom stereocenters. The van der Waals surface area contributed by atoms with Gasteiger partial charge in [-0.1, -0.05) is 42.1 Å². The summed E-state index contributed by atoms with van der Waals surface area (Å²) in [4.78, 5) is 13.9. The molecule has 2 nitrogen and oxygen atoms in total. The summed E-state index contributed by atoms with van der Waals surface area (Å²) in [6, 6.07) is 5.51. The first-order valence-electron chi connectivity index (χ1n) is 6.74. The van der Waals surface area contributed by atoms with Crippen LogP contribution in [0.25, 0.3) is 0 Å². The van der Waals surface area contributed by atoms with Crippen LogP contribution in [0.15, 0.2) is 18.2 Å². The van der Waals surface area contributed by atoms with Crippen LogP contribution in [0.2, 0.25) is 10.0 Å². The fourth-order valence-corrected chi connectivity index (χ4v) is 2.94. The van der Waals surface area contributed by atoms with Crippen molar-refractivity contribution in [1.29, 1.82) is 0 Å². The minimum absolute atomic E-state index is 0.220. The number of carbonyl (C=O) groups excluding carboxylic acids is 1. The second-order valence-electron chi connectivity index (χ2n) is 5.35.